The van der Waals surface area contributed by atoms with Crippen LogP contribution >= 0.6 is 0 Å². The van der Waals surface area contributed by atoms with Crippen molar-refractivity contribution in [2.24, 2.45) is 18.9 Å². The first-order chi connectivity index (χ1) is 11.4. The molecule has 2 atom stereocenters. The van der Waals surface area contributed by atoms with E-state index < -0.39 is 0 Å². The summed E-state index contributed by atoms with van der Waals surface area (Å²) in [5.74, 6) is 1.28. The number of imidazole rings is 1. The van der Waals surface area contributed by atoms with Crippen molar-refractivity contribution >= 4 is 11.8 Å². The highest BCUT2D eigenvalue weighted by Crippen LogP contribution is 2.32. The van der Waals surface area contributed by atoms with Gasteiger partial charge in [0.05, 0.1) is 12.9 Å². The van der Waals surface area contributed by atoms with Crippen LogP contribution in [0.25, 0.3) is 0 Å². The smallest absolute Gasteiger partial charge is 0.274 e. The minimum absolute atomic E-state index is 0.0447. The average molecular weight is 333 g/mol. The van der Waals surface area contributed by atoms with Crippen LogP contribution in [0.4, 0.5) is 0 Å². The lowest BCUT2D eigenvalue weighted by Crippen LogP contribution is -2.37. The summed E-state index contributed by atoms with van der Waals surface area (Å²) in [6.07, 6.45) is 5.56. The maximum absolute atomic E-state index is 12.6. The maximum Gasteiger partial charge on any atom is 0.274 e. The molecule has 0 bridgehead atoms. The average Bonchev–Trinajstić information content (AvgIpc) is 3.11. The number of amides is 2. The summed E-state index contributed by atoms with van der Waals surface area (Å²) in [6.45, 7) is 4.01. The Kier molecular flexibility index (Phi) is 4.89. The van der Waals surface area contributed by atoms with Crippen LogP contribution in [-0.4, -0.2) is 82.9 Å². The Bertz CT molecular complexity index is 596. The molecule has 2 aliphatic rings. The van der Waals surface area contributed by atoms with E-state index in [1.807, 2.05) is 11.9 Å². The first kappa shape index (κ1) is 17.0. The summed E-state index contributed by atoms with van der Waals surface area (Å²) in [5, 5.41) is 0. The van der Waals surface area contributed by atoms with E-state index in [9.17, 15) is 9.59 Å². The Morgan fingerprint density at radius 3 is 2.33 bits per heavy atom. The van der Waals surface area contributed by atoms with Gasteiger partial charge in [0.2, 0.25) is 5.91 Å². The van der Waals surface area contributed by atoms with Crippen molar-refractivity contribution in [3.05, 3.63) is 18.2 Å². The number of likely N-dealkylation sites (tertiary alicyclic amines) is 2. The summed E-state index contributed by atoms with van der Waals surface area (Å²) in [4.78, 5) is 34.5. The molecule has 24 heavy (non-hydrogen) atoms. The van der Waals surface area contributed by atoms with Crippen molar-refractivity contribution in [1.29, 1.82) is 0 Å². The van der Waals surface area contributed by atoms with E-state index in [1.54, 1.807) is 36.1 Å². The van der Waals surface area contributed by atoms with Gasteiger partial charge < -0.3 is 14.4 Å². The summed E-state index contributed by atoms with van der Waals surface area (Å²) >= 11 is 0. The van der Waals surface area contributed by atoms with Gasteiger partial charge in [0.1, 0.15) is 5.69 Å². The minimum Gasteiger partial charge on any atom is -0.348 e. The highest BCUT2D eigenvalue weighted by molar-refractivity contribution is 5.92. The zero-order chi connectivity index (χ0) is 17.3. The molecule has 0 unspecified atom stereocenters. The largest absolute Gasteiger partial charge is 0.348 e. The van der Waals surface area contributed by atoms with Crippen LogP contribution in [-0.2, 0) is 11.8 Å². The van der Waals surface area contributed by atoms with Gasteiger partial charge >= 0.3 is 0 Å². The Balaban J connectivity index is 1.55. The predicted octanol–water partition coefficient (Wildman–Crippen LogP) is 0.292. The second kappa shape index (κ2) is 6.93. The van der Waals surface area contributed by atoms with Crippen LogP contribution in [0.1, 0.15) is 23.3 Å². The van der Waals surface area contributed by atoms with Gasteiger partial charge in [-0.2, -0.15) is 0 Å². The van der Waals surface area contributed by atoms with Crippen LogP contribution in [0.5, 0.6) is 0 Å². The molecule has 7 heteroatoms. The third-order valence-electron chi connectivity index (χ3n) is 5.28. The van der Waals surface area contributed by atoms with Crippen molar-refractivity contribution in [2.45, 2.75) is 12.8 Å². The normalized spacial score (nSPS) is 24.5. The third-order valence-corrected chi connectivity index (χ3v) is 5.28. The lowest BCUT2D eigenvalue weighted by molar-refractivity contribution is -0.129. The molecule has 0 N–H and O–H groups in total. The van der Waals surface area contributed by atoms with Crippen molar-refractivity contribution in [3.63, 3.8) is 0 Å². The Morgan fingerprint density at radius 1 is 1.21 bits per heavy atom. The lowest BCUT2D eigenvalue weighted by atomic mass is 9.92. The number of aryl methyl sites for hydroxylation is 1. The molecule has 3 heterocycles. The molecular weight excluding hydrogens is 306 g/mol. The molecule has 2 saturated heterocycles. The minimum atomic E-state index is 0.0447. The van der Waals surface area contributed by atoms with Gasteiger partial charge in [-0.15, -0.1) is 0 Å². The van der Waals surface area contributed by atoms with Crippen LogP contribution in [0.2, 0.25) is 0 Å². The van der Waals surface area contributed by atoms with Gasteiger partial charge in [-0.3, -0.25) is 14.5 Å². The fourth-order valence-electron chi connectivity index (χ4n) is 3.74. The van der Waals surface area contributed by atoms with Crippen LogP contribution in [0.15, 0.2) is 12.5 Å². The molecular formula is C17H27N5O2. The lowest BCUT2D eigenvalue weighted by Gasteiger charge is -2.22. The molecule has 0 aromatic carbocycles. The number of likely N-dealkylation sites (N-methyl/N-ethyl adjacent to an activating group) is 1. The van der Waals surface area contributed by atoms with E-state index in [1.165, 1.54) is 0 Å². The molecule has 0 saturated carbocycles. The number of carbonyl (C=O) groups is 2. The van der Waals surface area contributed by atoms with Crippen molar-refractivity contribution in [1.82, 2.24) is 24.3 Å². The maximum atomic E-state index is 12.6. The van der Waals surface area contributed by atoms with Crippen LogP contribution < -0.4 is 0 Å². The highest BCUT2D eigenvalue weighted by Gasteiger charge is 2.37. The Hall–Kier alpha value is -1.89. The van der Waals surface area contributed by atoms with Gasteiger partial charge in [0, 0.05) is 40.4 Å². The quantitative estimate of drug-likeness (QED) is 0.798. The topological polar surface area (TPSA) is 61.7 Å². The van der Waals surface area contributed by atoms with E-state index in [0.717, 1.165) is 39.0 Å². The zero-order valence-electron chi connectivity index (χ0n) is 14.8. The number of hydrogen-bond acceptors (Lipinski definition) is 4. The van der Waals surface area contributed by atoms with Gasteiger partial charge in [-0.25, -0.2) is 4.98 Å². The molecule has 2 fully saturated rings. The molecule has 7 nitrogen and oxygen atoms in total. The second-order valence-corrected chi connectivity index (χ2v) is 7.30. The first-order valence-corrected chi connectivity index (χ1v) is 8.63. The fourth-order valence-corrected chi connectivity index (χ4v) is 3.74. The molecule has 0 radical (unpaired) electrons. The third kappa shape index (κ3) is 3.61. The van der Waals surface area contributed by atoms with Gasteiger partial charge in [0.15, 0.2) is 0 Å². The van der Waals surface area contributed by atoms with E-state index >= 15 is 0 Å². The monoisotopic (exact) mass is 333 g/mol. The van der Waals surface area contributed by atoms with Crippen molar-refractivity contribution in [2.75, 3.05) is 46.8 Å². The van der Waals surface area contributed by atoms with E-state index in [0.29, 0.717) is 24.1 Å². The van der Waals surface area contributed by atoms with Gasteiger partial charge in [-0.1, -0.05) is 0 Å². The molecule has 132 valence electrons. The second-order valence-electron chi connectivity index (χ2n) is 7.30. The molecule has 2 amide bonds. The van der Waals surface area contributed by atoms with E-state index in [4.69, 9.17) is 0 Å². The zero-order valence-corrected chi connectivity index (χ0v) is 14.8. The number of aromatic nitrogens is 2. The van der Waals surface area contributed by atoms with E-state index in [-0.39, 0.29) is 11.8 Å². The number of nitrogens with zero attached hydrogens (tertiary/aromatic N) is 5. The molecule has 3 rings (SSSR count). The predicted molar refractivity (Wildman–Crippen MR) is 90.5 cm³/mol. The number of rotatable bonds is 3. The summed E-state index contributed by atoms with van der Waals surface area (Å²) in [5.41, 5.74) is 0.534. The van der Waals surface area contributed by atoms with Gasteiger partial charge in [0.25, 0.3) is 5.91 Å². The molecule has 1 aromatic rings. The Morgan fingerprint density at radius 2 is 1.83 bits per heavy atom. The van der Waals surface area contributed by atoms with Crippen LogP contribution in [0, 0.1) is 11.8 Å². The fraction of sp³-hybridized carbons (Fsp3) is 0.706. The Labute approximate surface area is 143 Å². The van der Waals surface area contributed by atoms with E-state index in [2.05, 4.69) is 9.88 Å². The summed E-state index contributed by atoms with van der Waals surface area (Å²) < 4.78 is 1.81. The summed E-state index contributed by atoms with van der Waals surface area (Å²) in [7, 11) is 5.48. The SMILES string of the molecule is CN(C)C(=O)CN1CC[C@@H]2CN(C(=O)c3cn(C)cn3)C[C@@H]2CC1. The molecule has 0 spiro atoms. The number of fused-ring (bicyclic) bond motifs is 1. The number of carbonyl (C=O) groups excluding carboxylic acids is 2. The van der Waals surface area contributed by atoms with Crippen LogP contribution in [0.3, 0.4) is 0 Å². The highest BCUT2D eigenvalue weighted by atomic mass is 16.2. The van der Waals surface area contributed by atoms with Crippen molar-refractivity contribution in [3.8, 4) is 0 Å². The van der Waals surface area contributed by atoms with Crippen molar-refractivity contribution < 1.29 is 9.59 Å². The van der Waals surface area contributed by atoms with Gasteiger partial charge in [-0.05, 0) is 37.8 Å². The molecule has 2 aliphatic heterocycles. The number of hydrogen-bond donors (Lipinski definition) is 0. The molecule has 1 aromatic heterocycles. The molecule has 0 aliphatic carbocycles. The summed E-state index contributed by atoms with van der Waals surface area (Å²) in [6, 6.07) is 0. The first-order valence-electron chi connectivity index (χ1n) is 8.63. The standard InChI is InChI=1S/C17H27N5O2/c1-19(2)16(23)11-21-6-4-13-8-22(9-14(13)5-7-21)17(24)15-10-20(3)12-18-15/h10,12-14H,4-9,11H2,1-3H3/t13-,14+.